The molecule has 1 unspecified atom stereocenters. The maximum absolute atomic E-state index is 5.57. The second-order valence-corrected chi connectivity index (χ2v) is 5.61. The first-order valence-corrected chi connectivity index (χ1v) is 6.87. The second kappa shape index (κ2) is 5.52. The van der Waals surface area contributed by atoms with Gasteiger partial charge in [0.2, 0.25) is 0 Å². The lowest BCUT2D eigenvalue weighted by atomic mass is 10.0. The van der Waals surface area contributed by atoms with E-state index in [4.69, 9.17) is 4.42 Å². The Hall–Kier alpha value is -1.06. The minimum atomic E-state index is 0.403. The molecule has 0 amide bonds. The van der Waals surface area contributed by atoms with Gasteiger partial charge in [-0.1, -0.05) is 19.9 Å². The van der Waals surface area contributed by atoms with E-state index in [1.165, 1.54) is 4.88 Å². The summed E-state index contributed by atoms with van der Waals surface area (Å²) >= 11 is 1.81. The Bertz CT molecular complexity index is 444. The van der Waals surface area contributed by atoms with Crippen LogP contribution in [0.1, 0.15) is 36.3 Å². The van der Waals surface area contributed by atoms with E-state index in [0.29, 0.717) is 12.0 Å². The third-order valence-corrected chi connectivity index (χ3v) is 3.76. The van der Waals surface area contributed by atoms with Gasteiger partial charge in [0.05, 0.1) is 6.54 Å². The fourth-order valence-corrected chi connectivity index (χ4v) is 2.90. The van der Waals surface area contributed by atoms with Gasteiger partial charge in [0, 0.05) is 10.9 Å². The normalized spacial score (nSPS) is 13.2. The Labute approximate surface area is 107 Å². The molecule has 3 heteroatoms. The van der Waals surface area contributed by atoms with Crippen LogP contribution < -0.4 is 5.32 Å². The minimum absolute atomic E-state index is 0.403. The Morgan fingerprint density at radius 1 is 1.29 bits per heavy atom. The standard InChI is InChI=1S/C14H19NOS/c1-10(2)14(13-5-4-8-17-13)15-9-12-7-6-11(3)16-12/h4-8,10,14-15H,9H2,1-3H3. The number of rotatable bonds is 5. The third-order valence-electron chi connectivity index (χ3n) is 2.81. The van der Waals surface area contributed by atoms with Crippen LogP contribution >= 0.6 is 11.3 Å². The van der Waals surface area contributed by atoms with Gasteiger partial charge < -0.3 is 9.73 Å². The highest BCUT2D eigenvalue weighted by atomic mass is 32.1. The fraction of sp³-hybridized carbons (Fsp3) is 0.429. The van der Waals surface area contributed by atoms with Gasteiger partial charge in [-0.05, 0) is 36.4 Å². The molecule has 0 radical (unpaired) electrons. The van der Waals surface area contributed by atoms with Crippen LogP contribution in [0.2, 0.25) is 0 Å². The molecule has 0 aliphatic heterocycles. The molecule has 1 atom stereocenters. The van der Waals surface area contributed by atoms with Crippen LogP contribution in [-0.4, -0.2) is 0 Å². The summed E-state index contributed by atoms with van der Waals surface area (Å²) in [6.45, 7) is 7.24. The van der Waals surface area contributed by atoms with Crippen molar-refractivity contribution in [2.24, 2.45) is 5.92 Å². The first-order valence-electron chi connectivity index (χ1n) is 5.99. The summed E-state index contributed by atoms with van der Waals surface area (Å²) in [6.07, 6.45) is 0. The van der Waals surface area contributed by atoms with Crippen LogP contribution in [0.25, 0.3) is 0 Å². The number of aryl methyl sites for hydroxylation is 1. The van der Waals surface area contributed by atoms with E-state index in [1.807, 2.05) is 19.1 Å². The molecule has 2 heterocycles. The van der Waals surface area contributed by atoms with Gasteiger partial charge in [-0.3, -0.25) is 0 Å². The zero-order chi connectivity index (χ0) is 12.3. The van der Waals surface area contributed by atoms with Crippen molar-refractivity contribution in [3.63, 3.8) is 0 Å². The average Bonchev–Trinajstić information content (AvgIpc) is 2.90. The van der Waals surface area contributed by atoms with Crippen LogP contribution in [-0.2, 0) is 6.54 Å². The van der Waals surface area contributed by atoms with Gasteiger partial charge in [-0.2, -0.15) is 0 Å². The van der Waals surface area contributed by atoms with Gasteiger partial charge in [0.1, 0.15) is 11.5 Å². The molecule has 2 aromatic heterocycles. The van der Waals surface area contributed by atoms with E-state index in [2.05, 4.69) is 36.7 Å². The highest BCUT2D eigenvalue weighted by Gasteiger charge is 2.16. The maximum atomic E-state index is 5.57. The van der Waals surface area contributed by atoms with Crippen molar-refractivity contribution in [1.82, 2.24) is 5.32 Å². The highest BCUT2D eigenvalue weighted by Crippen LogP contribution is 2.26. The molecule has 2 aromatic rings. The lowest BCUT2D eigenvalue weighted by Crippen LogP contribution is -2.24. The van der Waals surface area contributed by atoms with Crippen LogP contribution in [0, 0.1) is 12.8 Å². The third kappa shape index (κ3) is 3.20. The predicted molar refractivity (Wildman–Crippen MR) is 72.2 cm³/mol. The molecular formula is C14H19NOS. The summed E-state index contributed by atoms with van der Waals surface area (Å²) in [5.74, 6) is 2.55. The molecule has 0 saturated heterocycles. The lowest BCUT2D eigenvalue weighted by molar-refractivity contribution is 0.383. The molecule has 2 rings (SSSR count). The summed E-state index contributed by atoms with van der Waals surface area (Å²) in [7, 11) is 0. The van der Waals surface area contributed by atoms with E-state index >= 15 is 0 Å². The van der Waals surface area contributed by atoms with E-state index in [-0.39, 0.29) is 0 Å². The van der Waals surface area contributed by atoms with Gasteiger partial charge in [-0.15, -0.1) is 11.3 Å². The van der Waals surface area contributed by atoms with Crippen molar-refractivity contribution in [1.29, 1.82) is 0 Å². The van der Waals surface area contributed by atoms with Crippen molar-refractivity contribution >= 4 is 11.3 Å². The molecule has 0 bridgehead atoms. The Morgan fingerprint density at radius 3 is 2.65 bits per heavy atom. The Balaban J connectivity index is 1.99. The molecule has 0 aliphatic carbocycles. The second-order valence-electron chi connectivity index (χ2n) is 4.63. The average molecular weight is 249 g/mol. The smallest absolute Gasteiger partial charge is 0.117 e. The van der Waals surface area contributed by atoms with E-state index in [1.54, 1.807) is 11.3 Å². The number of hydrogen-bond acceptors (Lipinski definition) is 3. The summed E-state index contributed by atoms with van der Waals surface area (Å²) in [5, 5.41) is 5.70. The largest absolute Gasteiger partial charge is 0.465 e. The van der Waals surface area contributed by atoms with Crippen molar-refractivity contribution in [2.45, 2.75) is 33.4 Å². The van der Waals surface area contributed by atoms with Crippen LogP contribution in [0.3, 0.4) is 0 Å². The SMILES string of the molecule is Cc1ccc(CNC(c2cccs2)C(C)C)o1. The van der Waals surface area contributed by atoms with Crippen LogP contribution in [0.4, 0.5) is 0 Å². The number of furan rings is 1. The van der Waals surface area contributed by atoms with Gasteiger partial charge in [0.15, 0.2) is 0 Å². The first-order chi connectivity index (χ1) is 8.16. The first kappa shape index (κ1) is 12.4. The van der Waals surface area contributed by atoms with Crippen LogP contribution in [0.15, 0.2) is 34.1 Å². The monoisotopic (exact) mass is 249 g/mol. The Kier molecular flexibility index (Phi) is 4.02. The Morgan fingerprint density at radius 2 is 2.12 bits per heavy atom. The molecule has 0 aromatic carbocycles. The van der Waals surface area contributed by atoms with Crippen molar-refractivity contribution < 1.29 is 4.42 Å². The van der Waals surface area contributed by atoms with Gasteiger partial charge in [0.25, 0.3) is 0 Å². The number of nitrogens with one attached hydrogen (secondary N) is 1. The van der Waals surface area contributed by atoms with Gasteiger partial charge in [-0.25, -0.2) is 0 Å². The van der Waals surface area contributed by atoms with Crippen molar-refractivity contribution in [3.05, 3.63) is 46.0 Å². The van der Waals surface area contributed by atoms with Crippen LogP contribution in [0.5, 0.6) is 0 Å². The number of thiophene rings is 1. The van der Waals surface area contributed by atoms with Gasteiger partial charge >= 0.3 is 0 Å². The molecule has 92 valence electrons. The number of hydrogen-bond donors (Lipinski definition) is 1. The van der Waals surface area contributed by atoms with E-state index in [9.17, 15) is 0 Å². The molecule has 0 spiro atoms. The molecule has 0 aliphatic rings. The van der Waals surface area contributed by atoms with E-state index in [0.717, 1.165) is 18.1 Å². The minimum Gasteiger partial charge on any atom is -0.465 e. The predicted octanol–water partition coefficient (Wildman–Crippen LogP) is 4.14. The van der Waals surface area contributed by atoms with E-state index < -0.39 is 0 Å². The summed E-state index contributed by atoms with van der Waals surface area (Å²) in [6, 6.07) is 8.74. The molecule has 0 fully saturated rings. The summed E-state index contributed by atoms with van der Waals surface area (Å²) in [5.41, 5.74) is 0. The van der Waals surface area contributed by atoms with Crippen molar-refractivity contribution in [3.8, 4) is 0 Å². The maximum Gasteiger partial charge on any atom is 0.117 e. The molecule has 1 N–H and O–H groups in total. The zero-order valence-corrected chi connectivity index (χ0v) is 11.4. The molecular weight excluding hydrogens is 230 g/mol. The quantitative estimate of drug-likeness (QED) is 0.861. The zero-order valence-electron chi connectivity index (χ0n) is 10.6. The summed E-state index contributed by atoms with van der Waals surface area (Å²) in [4.78, 5) is 1.39. The molecule has 2 nitrogen and oxygen atoms in total. The van der Waals surface area contributed by atoms with Crippen molar-refractivity contribution in [2.75, 3.05) is 0 Å². The highest BCUT2D eigenvalue weighted by molar-refractivity contribution is 7.10. The molecule has 17 heavy (non-hydrogen) atoms. The lowest BCUT2D eigenvalue weighted by Gasteiger charge is -2.20. The summed E-state index contributed by atoms with van der Waals surface area (Å²) < 4.78 is 5.57. The molecule has 0 saturated carbocycles. The fourth-order valence-electron chi connectivity index (χ4n) is 1.92. The topological polar surface area (TPSA) is 25.2 Å².